The summed E-state index contributed by atoms with van der Waals surface area (Å²) in [5, 5.41) is 5.58. The van der Waals surface area contributed by atoms with Crippen molar-refractivity contribution in [3.63, 3.8) is 0 Å². The van der Waals surface area contributed by atoms with E-state index in [1.165, 1.54) is 0 Å². The van der Waals surface area contributed by atoms with Gasteiger partial charge in [0.05, 0.1) is 0 Å². The Bertz CT molecular complexity index is 647. The molecule has 0 fully saturated rings. The summed E-state index contributed by atoms with van der Waals surface area (Å²) in [7, 11) is 0. The summed E-state index contributed by atoms with van der Waals surface area (Å²) < 4.78 is 0.864. The molecule has 2 rings (SSSR count). The number of hydrogen-bond donors (Lipinski definition) is 2. The monoisotopic (exact) mass is 345 g/mol. The maximum Gasteiger partial charge on any atom is 0.324 e. The van der Waals surface area contributed by atoms with Crippen LogP contribution in [-0.4, -0.2) is 11.0 Å². The topological polar surface area (TPSA) is 54.0 Å². The third-order valence-corrected chi connectivity index (χ3v) is 3.24. The molecule has 0 atom stereocenters. The Morgan fingerprint density at radius 3 is 2.38 bits per heavy atom. The fourth-order valence-corrected chi connectivity index (χ4v) is 2.04. The molecule has 0 aliphatic rings. The molecule has 2 amide bonds. The number of halogens is 1. The average molecular weight is 346 g/mol. The van der Waals surface area contributed by atoms with E-state index in [9.17, 15) is 4.79 Å². The number of pyridine rings is 1. The number of anilines is 1. The SMILES string of the molecule is CC(C)=C(NC(=O)Nc1ccc(Br)cn1)c1ccccc1. The maximum absolute atomic E-state index is 12.1. The number of carbonyl (C=O) groups excluding carboxylic acids is 1. The number of rotatable bonds is 3. The van der Waals surface area contributed by atoms with Crippen LogP contribution in [-0.2, 0) is 0 Å². The van der Waals surface area contributed by atoms with Gasteiger partial charge >= 0.3 is 6.03 Å². The number of nitrogens with one attached hydrogen (secondary N) is 2. The zero-order valence-electron chi connectivity index (χ0n) is 11.9. The maximum atomic E-state index is 12.1. The first-order valence-electron chi connectivity index (χ1n) is 6.48. The van der Waals surface area contributed by atoms with Gasteiger partial charge in [-0.2, -0.15) is 0 Å². The van der Waals surface area contributed by atoms with Crippen LogP contribution in [0.3, 0.4) is 0 Å². The molecule has 108 valence electrons. The quantitative estimate of drug-likeness (QED) is 0.865. The normalized spacial score (nSPS) is 9.86. The number of benzene rings is 1. The van der Waals surface area contributed by atoms with Gasteiger partial charge in [0, 0.05) is 16.4 Å². The molecule has 0 aliphatic carbocycles. The third kappa shape index (κ3) is 4.43. The van der Waals surface area contributed by atoms with Gasteiger partial charge in [0.15, 0.2) is 0 Å². The molecule has 2 aromatic rings. The summed E-state index contributed by atoms with van der Waals surface area (Å²) in [5.41, 5.74) is 2.79. The average Bonchev–Trinajstić information content (AvgIpc) is 2.48. The van der Waals surface area contributed by atoms with Gasteiger partial charge in [-0.05, 0) is 47.5 Å². The largest absolute Gasteiger partial charge is 0.324 e. The highest BCUT2D eigenvalue weighted by Gasteiger charge is 2.08. The van der Waals surface area contributed by atoms with Crippen LogP contribution in [0.4, 0.5) is 10.6 Å². The van der Waals surface area contributed by atoms with Crippen molar-refractivity contribution in [2.24, 2.45) is 0 Å². The first-order chi connectivity index (χ1) is 10.1. The molecule has 0 unspecified atom stereocenters. The minimum Gasteiger partial charge on any atom is -0.307 e. The number of carbonyl (C=O) groups is 1. The van der Waals surface area contributed by atoms with Gasteiger partial charge in [-0.25, -0.2) is 9.78 Å². The molecular weight excluding hydrogens is 330 g/mol. The van der Waals surface area contributed by atoms with E-state index < -0.39 is 0 Å². The molecule has 0 bridgehead atoms. The van der Waals surface area contributed by atoms with Crippen LogP contribution < -0.4 is 10.6 Å². The van der Waals surface area contributed by atoms with Gasteiger partial charge in [0.25, 0.3) is 0 Å². The zero-order chi connectivity index (χ0) is 15.2. The second kappa shape index (κ2) is 7.04. The summed E-state index contributed by atoms with van der Waals surface area (Å²) in [4.78, 5) is 16.2. The number of aromatic nitrogens is 1. The third-order valence-electron chi connectivity index (χ3n) is 2.77. The molecular formula is C16H16BrN3O. The number of allylic oxidation sites excluding steroid dienone is 1. The van der Waals surface area contributed by atoms with Crippen LogP contribution >= 0.6 is 15.9 Å². The van der Waals surface area contributed by atoms with Gasteiger partial charge in [-0.15, -0.1) is 0 Å². The Morgan fingerprint density at radius 1 is 1.10 bits per heavy atom. The van der Waals surface area contributed by atoms with Crippen LogP contribution in [0.2, 0.25) is 0 Å². The van der Waals surface area contributed by atoms with Gasteiger partial charge in [-0.1, -0.05) is 35.9 Å². The van der Waals surface area contributed by atoms with E-state index in [0.717, 1.165) is 21.3 Å². The highest BCUT2D eigenvalue weighted by molar-refractivity contribution is 9.10. The molecule has 2 N–H and O–H groups in total. The Kier molecular flexibility index (Phi) is 5.11. The van der Waals surface area contributed by atoms with Gasteiger partial charge in [0.1, 0.15) is 5.82 Å². The van der Waals surface area contributed by atoms with Crippen LogP contribution in [0.15, 0.2) is 58.7 Å². The first-order valence-corrected chi connectivity index (χ1v) is 7.28. The van der Waals surface area contributed by atoms with Crippen molar-refractivity contribution in [2.45, 2.75) is 13.8 Å². The molecule has 1 aromatic carbocycles. The Balaban J connectivity index is 2.10. The Morgan fingerprint density at radius 2 is 1.81 bits per heavy atom. The second-order valence-corrected chi connectivity index (χ2v) is 5.60. The number of nitrogens with zero attached hydrogens (tertiary/aromatic N) is 1. The van der Waals surface area contributed by atoms with Crippen LogP contribution in [0, 0.1) is 0 Å². The van der Waals surface area contributed by atoms with E-state index in [1.807, 2.05) is 50.2 Å². The number of urea groups is 1. The Labute approximate surface area is 132 Å². The van der Waals surface area contributed by atoms with E-state index >= 15 is 0 Å². The van der Waals surface area contributed by atoms with Gasteiger partial charge in [-0.3, -0.25) is 5.32 Å². The van der Waals surface area contributed by atoms with E-state index in [1.54, 1.807) is 12.3 Å². The lowest BCUT2D eigenvalue weighted by atomic mass is 10.1. The molecule has 0 radical (unpaired) electrons. The molecule has 1 aromatic heterocycles. The van der Waals surface area contributed by atoms with Gasteiger partial charge in [0.2, 0.25) is 0 Å². The summed E-state index contributed by atoms with van der Waals surface area (Å²) in [6.07, 6.45) is 1.63. The van der Waals surface area contributed by atoms with Crippen LogP contribution in [0.1, 0.15) is 19.4 Å². The fourth-order valence-electron chi connectivity index (χ4n) is 1.80. The first kappa shape index (κ1) is 15.3. The lowest BCUT2D eigenvalue weighted by molar-refractivity contribution is 0.255. The highest BCUT2D eigenvalue weighted by Crippen LogP contribution is 2.16. The van der Waals surface area contributed by atoms with Gasteiger partial charge < -0.3 is 5.32 Å². The number of amides is 2. The minimum atomic E-state index is -0.315. The molecule has 0 spiro atoms. The molecule has 0 aliphatic heterocycles. The van der Waals surface area contributed by atoms with Crippen molar-refractivity contribution in [1.82, 2.24) is 10.3 Å². The van der Waals surface area contributed by atoms with Crippen LogP contribution in [0.25, 0.3) is 5.70 Å². The Hall–Kier alpha value is -2.14. The predicted molar refractivity (Wildman–Crippen MR) is 88.8 cm³/mol. The number of hydrogen-bond acceptors (Lipinski definition) is 2. The second-order valence-electron chi connectivity index (χ2n) is 4.68. The predicted octanol–water partition coefficient (Wildman–Crippen LogP) is 4.42. The zero-order valence-corrected chi connectivity index (χ0v) is 13.4. The van der Waals surface area contributed by atoms with Crippen molar-refractivity contribution in [3.05, 3.63) is 64.3 Å². The lowest BCUT2D eigenvalue weighted by Crippen LogP contribution is -2.28. The van der Waals surface area contributed by atoms with E-state index in [0.29, 0.717) is 5.82 Å². The summed E-state index contributed by atoms with van der Waals surface area (Å²) >= 11 is 3.30. The minimum absolute atomic E-state index is 0.315. The van der Waals surface area contributed by atoms with Crippen molar-refractivity contribution < 1.29 is 4.79 Å². The van der Waals surface area contributed by atoms with Crippen molar-refractivity contribution >= 4 is 33.5 Å². The smallest absolute Gasteiger partial charge is 0.307 e. The van der Waals surface area contributed by atoms with Crippen molar-refractivity contribution in [3.8, 4) is 0 Å². The van der Waals surface area contributed by atoms with Crippen molar-refractivity contribution in [1.29, 1.82) is 0 Å². The summed E-state index contributed by atoms with van der Waals surface area (Å²) in [5.74, 6) is 0.497. The summed E-state index contributed by atoms with van der Waals surface area (Å²) in [6, 6.07) is 13.0. The molecule has 4 nitrogen and oxygen atoms in total. The fraction of sp³-hybridized carbons (Fsp3) is 0.125. The van der Waals surface area contributed by atoms with Crippen LogP contribution in [0.5, 0.6) is 0 Å². The molecule has 0 saturated heterocycles. The standard InChI is InChI=1S/C16H16BrN3O/c1-11(2)15(12-6-4-3-5-7-12)20-16(21)19-14-9-8-13(17)10-18-14/h3-10H,1-2H3,(H2,18,19,20,21). The molecule has 21 heavy (non-hydrogen) atoms. The molecule has 0 saturated carbocycles. The van der Waals surface area contributed by atoms with E-state index in [2.05, 4.69) is 31.5 Å². The van der Waals surface area contributed by atoms with E-state index in [-0.39, 0.29) is 6.03 Å². The lowest BCUT2D eigenvalue weighted by Gasteiger charge is -2.13. The van der Waals surface area contributed by atoms with Crippen molar-refractivity contribution in [2.75, 3.05) is 5.32 Å². The van der Waals surface area contributed by atoms with E-state index in [4.69, 9.17) is 0 Å². The summed E-state index contributed by atoms with van der Waals surface area (Å²) in [6.45, 7) is 3.92. The molecule has 1 heterocycles. The highest BCUT2D eigenvalue weighted by atomic mass is 79.9. The molecule has 5 heteroatoms.